The molecule has 0 saturated heterocycles. The molecule has 13 nitrogen and oxygen atoms in total. The summed E-state index contributed by atoms with van der Waals surface area (Å²) in [4.78, 5) is 12.6. The molecule has 3 rings (SSSR count). The fourth-order valence-corrected chi connectivity index (χ4v) is 3.06. The Labute approximate surface area is 178 Å². The van der Waals surface area contributed by atoms with Crippen molar-refractivity contribution in [3.8, 4) is 17.3 Å². The Morgan fingerprint density at radius 3 is 2.67 bits per heavy atom. The predicted molar refractivity (Wildman–Crippen MR) is 107 cm³/mol. The maximum Gasteiger partial charge on any atom is 0.293 e. The van der Waals surface area contributed by atoms with Crippen LogP contribution in [0.25, 0.3) is 5.82 Å². The van der Waals surface area contributed by atoms with Crippen LogP contribution in [-0.2, 0) is 11.3 Å². The number of benzene rings is 1. The van der Waals surface area contributed by atoms with Crippen molar-refractivity contribution in [2.24, 2.45) is 5.10 Å². The first-order chi connectivity index (χ1) is 14.5. The number of hydrogen-bond acceptors (Lipinski definition) is 11. The van der Waals surface area contributed by atoms with E-state index >= 15 is 0 Å². The zero-order chi connectivity index (χ0) is 21.7. The standard InChI is InChI=1S/C16H17BrN8O5/c1-27-7-9-13(20-24-25(9)15-14(18)22-30-23-15)16(26)21-19-6-8-10(28-2)4-5-11(29-3)12(8)17/h4-6H,7H2,1-3H3,(H2,18,22)(H,21,26)/b19-6+. The zero-order valence-corrected chi connectivity index (χ0v) is 17.7. The summed E-state index contributed by atoms with van der Waals surface area (Å²) in [5, 5.41) is 18.8. The molecule has 3 aromatic rings. The van der Waals surface area contributed by atoms with E-state index in [4.69, 9.17) is 19.9 Å². The first-order valence-electron chi connectivity index (χ1n) is 8.27. The number of ether oxygens (including phenoxy) is 3. The summed E-state index contributed by atoms with van der Waals surface area (Å²) in [5.41, 5.74) is 8.89. The highest BCUT2D eigenvalue weighted by Gasteiger charge is 2.23. The van der Waals surface area contributed by atoms with Gasteiger partial charge >= 0.3 is 0 Å². The first kappa shape index (κ1) is 21.2. The highest BCUT2D eigenvalue weighted by Crippen LogP contribution is 2.33. The predicted octanol–water partition coefficient (Wildman–Crippen LogP) is 0.922. The average Bonchev–Trinajstić information content (AvgIpc) is 3.35. The number of halogens is 1. The third-order valence-corrected chi connectivity index (χ3v) is 4.68. The number of carbonyl (C=O) groups excluding carboxylic acids is 1. The van der Waals surface area contributed by atoms with Gasteiger partial charge in [-0.15, -0.1) is 5.10 Å². The van der Waals surface area contributed by atoms with Crippen molar-refractivity contribution in [2.45, 2.75) is 6.61 Å². The average molecular weight is 481 g/mol. The van der Waals surface area contributed by atoms with Crippen LogP contribution in [0.15, 0.2) is 26.3 Å². The largest absolute Gasteiger partial charge is 0.496 e. The quantitative estimate of drug-likeness (QED) is 0.349. The number of nitrogens with one attached hydrogen (secondary N) is 1. The number of nitrogen functional groups attached to an aromatic ring is 1. The lowest BCUT2D eigenvalue weighted by molar-refractivity contribution is 0.0944. The number of amides is 1. The van der Waals surface area contributed by atoms with Crippen molar-refractivity contribution in [2.75, 3.05) is 27.1 Å². The number of rotatable bonds is 8. The minimum absolute atomic E-state index is 0.00101. The molecule has 0 fully saturated rings. The number of aromatic nitrogens is 5. The molecule has 0 unspecified atom stereocenters. The van der Waals surface area contributed by atoms with E-state index in [0.717, 1.165) is 0 Å². The second kappa shape index (κ2) is 9.32. The number of carbonyl (C=O) groups is 1. The highest BCUT2D eigenvalue weighted by atomic mass is 79.9. The van der Waals surface area contributed by atoms with Crippen molar-refractivity contribution < 1.29 is 23.6 Å². The summed E-state index contributed by atoms with van der Waals surface area (Å²) < 4.78 is 22.1. The van der Waals surface area contributed by atoms with Gasteiger partial charge in [-0.25, -0.2) is 10.1 Å². The second-order valence-electron chi connectivity index (χ2n) is 5.60. The maximum atomic E-state index is 12.6. The van der Waals surface area contributed by atoms with Gasteiger partial charge in [0.05, 0.1) is 37.1 Å². The molecule has 2 heterocycles. The molecule has 158 valence electrons. The Bertz CT molecular complexity index is 1080. The number of nitrogens with zero attached hydrogens (tertiary/aromatic N) is 6. The molecule has 0 bridgehead atoms. The lowest BCUT2D eigenvalue weighted by atomic mass is 10.2. The van der Waals surface area contributed by atoms with Gasteiger partial charge in [0.25, 0.3) is 5.91 Å². The Hall–Kier alpha value is -3.52. The molecule has 0 saturated carbocycles. The number of methoxy groups -OCH3 is 3. The van der Waals surface area contributed by atoms with Crippen LogP contribution >= 0.6 is 15.9 Å². The van der Waals surface area contributed by atoms with E-state index in [1.165, 1.54) is 32.2 Å². The minimum Gasteiger partial charge on any atom is -0.496 e. The molecule has 1 aromatic carbocycles. The van der Waals surface area contributed by atoms with E-state index in [2.05, 4.69) is 51.7 Å². The molecule has 0 atom stereocenters. The van der Waals surface area contributed by atoms with Gasteiger partial charge in [0.2, 0.25) is 11.6 Å². The molecule has 2 aromatic heterocycles. The zero-order valence-electron chi connectivity index (χ0n) is 16.1. The first-order valence-corrected chi connectivity index (χ1v) is 9.06. The molecular weight excluding hydrogens is 464 g/mol. The van der Waals surface area contributed by atoms with E-state index in [1.807, 2.05) is 0 Å². The molecule has 3 N–H and O–H groups in total. The molecule has 0 aliphatic heterocycles. The van der Waals surface area contributed by atoms with Crippen LogP contribution in [0.2, 0.25) is 0 Å². The fraction of sp³-hybridized carbons (Fsp3) is 0.250. The van der Waals surface area contributed by atoms with E-state index in [9.17, 15) is 4.79 Å². The topological polar surface area (TPSA) is 165 Å². The second-order valence-corrected chi connectivity index (χ2v) is 6.39. The Morgan fingerprint density at radius 1 is 1.30 bits per heavy atom. The Balaban J connectivity index is 1.86. The van der Waals surface area contributed by atoms with Crippen molar-refractivity contribution in [1.29, 1.82) is 0 Å². The van der Waals surface area contributed by atoms with E-state index in [0.29, 0.717) is 21.5 Å². The van der Waals surface area contributed by atoms with Crippen LogP contribution in [-0.4, -0.2) is 58.8 Å². The van der Waals surface area contributed by atoms with E-state index in [-0.39, 0.29) is 29.6 Å². The van der Waals surface area contributed by atoms with Gasteiger partial charge in [-0.05, 0) is 38.4 Å². The monoisotopic (exact) mass is 480 g/mol. The molecule has 0 aliphatic rings. The van der Waals surface area contributed by atoms with E-state index in [1.54, 1.807) is 12.1 Å². The van der Waals surface area contributed by atoms with Gasteiger partial charge < -0.3 is 19.9 Å². The van der Waals surface area contributed by atoms with E-state index < -0.39 is 5.91 Å². The van der Waals surface area contributed by atoms with Gasteiger partial charge in [-0.3, -0.25) is 4.79 Å². The summed E-state index contributed by atoms with van der Waals surface area (Å²) in [6, 6.07) is 3.45. The Kier molecular flexibility index (Phi) is 6.58. The van der Waals surface area contributed by atoms with Crippen molar-refractivity contribution in [1.82, 2.24) is 30.7 Å². The molecule has 0 radical (unpaired) electrons. The SMILES string of the molecule is COCc1c(C(=O)N/N=C/c2c(OC)ccc(OC)c2Br)nnn1-c1nonc1N. The smallest absolute Gasteiger partial charge is 0.293 e. The van der Waals surface area contributed by atoms with Gasteiger partial charge in [0, 0.05) is 7.11 Å². The lowest BCUT2D eigenvalue weighted by Crippen LogP contribution is -2.20. The molecular formula is C16H17BrN8O5. The van der Waals surface area contributed by atoms with Crippen LogP contribution in [0.5, 0.6) is 11.5 Å². The molecule has 30 heavy (non-hydrogen) atoms. The van der Waals surface area contributed by atoms with Crippen LogP contribution in [0, 0.1) is 0 Å². The third kappa shape index (κ3) is 4.08. The molecule has 0 aliphatic carbocycles. The van der Waals surface area contributed by atoms with Gasteiger partial charge in [0.1, 0.15) is 17.2 Å². The highest BCUT2D eigenvalue weighted by molar-refractivity contribution is 9.10. The summed E-state index contributed by atoms with van der Waals surface area (Å²) in [6.45, 7) is 0.00101. The van der Waals surface area contributed by atoms with Gasteiger partial charge in [-0.2, -0.15) is 9.78 Å². The summed E-state index contributed by atoms with van der Waals surface area (Å²) in [6.07, 6.45) is 1.41. The van der Waals surface area contributed by atoms with Crippen LogP contribution in [0.3, 0.4) is 0 Å². The molecule has 14 heteroatoms. The minimum atomic E-state index is -0.627. The number of hydrogen-bond donors (Lipinski definition) is 2. The number of hydrazone groups is 1. The normalized spacial score (nSPS) is 11.1. The number of nitrogens with two attached hydrogens (primary N) is 1. The maximum absolute atomic E-state index is 12.6. The van der Waals surface area contributed by atoms with Crippen LogP contribution < -0.4 is 20.6 Å². The summed E-state index contributed by atoms with van der Waals surface area (Å²) in [5.74, 6) is 0.547. The van der Waals surface area contributed by atoms with Crippen LogP contribution in [0.4, 0.5) is 5.82 Å². The fourth-order valence-electron chi connectivity index (χ4n) is 2.47. The van der Waals surface area contributed by atoms with Crippen LogP contribution in [0.1, 0.15) is 21.7 Å². The summed E-state index contributed by atoms with van der Waals surface area (Å²) in [7, 11) is 4.51. The molecule has 0 spiro atoms. The number of anilines is 1. The molecule has 1 amide bonds. The summed E-state index contributed by atoms with van der Waals surface area (Å²) >= 11 is 3.42. The van der Waals surface area contributed by atoms with Gasteiger partial charge in [0.15, 0.2) is 5.69 Å². The Morgan fingerprint density at radius 2 is 2.03 bits per heavy atom. The lowest BCUT2D eigenvalue weighted by Gasteiger charge is -2.10. The van der Waals surface area contributed by atoms with Gasteiger partial charge in [-0.1, -0.05) is 5.21 Å². The third-order valence-electron chi connectivity index (χ3n) is 3.86. The van der Waals surface area contributed by atoms with Crippen molar-refractivity contribution in [3.63, 3.8) is 0 Å². The van der Waals surface area contributed by atoms with Crippen molar-refractivity contribution >= 4 is 33.9 Å². The van der Waals surface area contributed by atoms with Crippen molar-refractivity contribution in [3.05, 3.63) is 33.6 Å².